The standard InChI is InChI=1S/C11H18O3/c12-11-5-7-13-8-9(11)3-4-10-2-1-6-14-10/h9-10H,1-8H2. The van der Waals surface area contributed by atoms with Crippen LogP contribution in [-0.2, 0) is 14.3 Å². The second-order valence-electron chi connectivity index (χ2n) is 4.20. The van der Waals surface area contributed by atoms with Gasteiger partial charge in [0.1, 0.15) is 5.78 Å². The Morgan fingerprint density at radius 3 is 2.93 bits per heavy atom. The first-order valence-electron chi connectivity index (χ1n) is 5.58. The predicted molar refractivity (Wildman–Crippen MR) is 52.1 cm³/mol. The maximum absolute atomic E-state index is 11.5. The van der Waals surface area contributed by atoms with E-state index in [2.05, 4.69) is 0 Å². The third-order valence-corrected chi connectivity index (χ3v) is 3.13. The minimum atomic E-state index is 0.146. The Morgan fingerprint density at radius 1 is 1.29 bits per heavy atom. The van der Waals surface area contributed by atoms with Gasteiger partial charge >= 0.3 is 0 Å². The minimum absolute atomic E-state index is 0.146. The Kier molecular flexibility index (Phi) is 3.54. The van der Waals surface area contributed by atoms with Crippen LogP contribution < -0.4 is 0 Å². The number of rotatable bonds is 3. The molecule has 0 aromatic heterocycles. The summed E-state index contributed by atoms with van der Waals surface area (Å²) in [6.07, 6.45) is 5.34. The molecule has 3 nitrogen and oxygen atoms in total. The molecule has 2 heterocycles. The van der Waals surface area contributed by atoms with Crippen molar-refractivity contribution in [1.29, 1.82) is 0 Å². The molecule has 0 saturated carbocycles. The SMILES string of the molecule is O=C1CCOCC1CCC1CCCO1. The highest BCUT2D eigenvalue weighted by atomic mass is 16.5. The average molecular weight is 198 g/mol. The van der Waals surface area contributed by atoms with E-state index >= 15 is 0 Å². The highest BCUT2D eigenvalue weighted by Crippen LogP contribution is 2.22. The van der Waals surface area contributed by atoms with E-state index in [4.69, 9.17) is 9.47 Å². The maximum atomic E-state index is 11.5. The fraction of sp³-hybridized carbons (Fsp3) is 0.909. The number of ether oxygens (including phenoxy) is 2. The molecule has 0 radical (unpaired) electrons. The van der Waals surface area contributed by atoms with Gasteiger partial charge in [0.15, 0.2) is 0 Å². The van der Waals surface area contributed by atoms with Gasteiger partial charge in [-0.2, -0.15) is 0 Å². The smallest absolute Gasteiger partial charge is 0.140 e. The molecule has 0 bridgehead atoms. The quantitative estimate of drug-likeness (QED) is 0.690. The van der Waals surface area contributed by atoms with Crippen molar-refractivity contribution in [1.82, 2.24) is 0 Å². The van der Waals surface area contributed by atoms with E-state index in [1.54, 1.807) is 0 Å². The van der Waals surface area contributed by atoms with Gasteiger partial charge in [-0.1, -0.05) is 0 Å². The average Bonchev–Trinajstić information content (AvgIpc) is 2.69. The number of Topliss-reactive ketones (excluding diaryl/α,β-unsaturated/α-hetero) is 1. The van der Waals surface area contributed by atoms with Crippen LogP contribution in [0.25, 0.3) is 0 Å². The van der Waals surface area contributed by atoms with E-state index in [0.29, 0.717) is 31.5 Å². The van der Waals surface area contributed by atoms with Gasteiger partial charge in [-0.25, -0.2) is 0 Å². The van der Waals surface area contributed by atoms with Gasteiger partial charge in [0.05, 0.1) is 19.3 Å². The molecule has 0 aromatic carbocycles. The van der Waals surface area contributed by atoms with Crippen LogP contribution in [0.3, 0.4) is 0 Å². The summed E-state index contributed by atoms with van der Waals surface area (Å²) >= 11 is 0. The van der Waals surface area contributed by atoms with E-state index < -0.39 is 0 Å². The molecule has 80 valence electrons. The van der Waals surface area contributed by atoms with Crippen LogP contribution in [0.4, 0.5) is 0 Å². The third-order valence-electron chi connectivity index (χ3n) is 3.13. The zero-order chi connectivity index (χ0) is 9.80. The Balaban J connectivity index is 1.70. The topological polar surface area (TPSA) is 35.5 Å². The fourth-order valence-electron chi connectivity index (χ4n) is 2.20. The van der Waals surface area contributed by atoms with E-state index in [-0.39, 0.29) is 5.92 Å². The lowest BCUT2D eigenvalue weighted by Gasteiger charge is -2.21. The monoisotopic (exact) mass is 198 g/mol. The van der Waals surface area contributed by atoms with Gasteiger partial charge in [-0.3, -0.25) is 4.79 Å². The van der Waals surface area contributed by atoms with Gasteiger partial charge in [0.2, 0.25) is 0 Å². The zero-order valence-electron chi connectivity index (χ0n) is 8.54. The van der Waals surface area contributed by atoms with Crippen LogP contribution in [0, 0.1) is 5.92 Å². The molecular formula is C11H18O3. The predicted octanol–water partition coefficient (Wildman–Crippen LogP) is 1.55. The van der Waals surface area contributed by atoms with Crippen molar-refractivity contribution >= 4 is 5.78 Å². The molecule has 2 fully saturated rings. The van der Waals surface area contributed by atoms with Gasteiger partial charge in [0.25, 0.3) is 0 Å². The van der Waals surface area contributed by atoms with E-state index in [0.717, 1.165) is 19.4 Å². The molecule has 0 aliphatic carbocycles. The molecule has 2 atom stereocenters. The van der Waals surface area contributed by atoms with Crippen molar-refractivity contribution < 1.29 is 14.3 Å². The van der Waals surface area contributed by atoms with Crippen molar-refractivity contribution in [3.8, 4) is 0 Å². The summed E-state index contributed by atoms with van der Waals surface area (Å²) in [5.41, 5.74) is 0. The second kappa shape index (κ2) is 4.89. The maximum Gasteiger partial charge on any atom is 0.140 e. The number of hydrogen-bond donors (Lipinski definition) is 0. The van der Waals surface area contributed by atoms with Crippen LogP contribution in [0.1, 0.15) is 32.1 Å². The highest BCUT2D eigenvalue weighted by molar-refractivity contribution is 5.81. The van der Waals surface area contributed by atoms with Crippen LogP contribution in [0.5, 0.6) is 0 Å². The van der Waals surface area contributed by atoms with E-state index in [1.165, 1.54) is 12.8 Å². The van der Waals surface area contributed by atoms with Crippen molar-refractivity contribution in [3.63, 3.8) is 0 Å². The number of ketones is 1. The van der Waals surface area contributed by atoms with Crippen LogP contribution >= 0.6 is 0 Å². The van der Waals surface area contributed by atoms with Gasteiger partial charge in [-0.15, -0.1) is 0 Å². The Morgan fingerprint density at radius 2 is 2.21 bits per heavy atom. The molecular weight excluding hydrogens is 180 g/mol. The minimum Gasteiger partial charge on any atom is -0.380 e. The zero-order valence-corrected chi connectivity index (χ0v) is 8.54. The molecule has 14 heavy (non-hydrogen) atoms. The molecule has 2 saturated heterocycles. The molecule has 2 unspecified atom stereocenters. The first-order chi connectivity index (χ1) is 6.86. The Labute approximate surface area is 84.8 Å². The molecule has 0 amide bonds. The van der Waals surface area contributed by atoms with E-state index in [1.807, 2.05) is 0 Å². The van der Waals surface area contributed by atoms with Crippen molar-refractivity contribution in [3.05, 3.63) is 0 Å². The number of carbonyl (C=O) groups is 1. The summed E-state index contributed by atoms with van der Waals surface area (Å²) in [6.45, 7) is 2.15. The molecule has 0 spiro atoms. The normalized spacial score (nSPS) is 33.6. The molecule has 3 heteroatoms. The first kappa shape index (κ1) is 10.1. The molecule has 2 aliphatic heterocycles. The van der Waals surface area contributed by atoms with Crippen LogP contribution in [-0.4, -0.2) is 31.7 Å². The van der Waals surface area contributed by atoms with Crippen molar-refractivity contribution in [2.24, 2.45) is 5.92 Å². The van der Waals surface area contributed by atoms with Crippen LogP contribution in [0.15, 0.2) is 0 Å². The highest BCUT2D eigenvalue weighted by Gasteiger charge is 2.24. The van der Waals surface area contributed by atoms with Gasteiger partial charge in [-0.05, 0) is 25.7 Å². The van der Waals surface area contributed by atoms with Gasteiger partial charge < -0.3 is 9.47 Å². The van der Waals surface area contributed by atoms with Crippen LogP contribution in [0.2, 0.25) is 0 Å². The largest absolute Gasteiger partial charge is 0.380 e. The molecule has 2 aliphatic rings. The van der Waals surface area contributed by atoms with E-state index in [9.17, 15) is 4.79 Å². The summed E-state index contributed by atoms with van der Waals surface area (Å²) in [7, 11) is 0. The lowest BCUT2D eigenvalue weighted by atomic mass is 9.93. The first-order valence-corrected chi connectivity index (χ1v) is 5.58. The summed E-state index contributed by atoms with van der Waals surface area (Å²) in [4.78, 5) is 11.5. The summed E-state index contributed by atoms with van der Waals surface area (Å²) < 4.78 is 10.8. The van der Waals surface area contributed by atoms with Gasteiger partial charge in [0, 0.05) is 18.9 Å². The second-order valence-corrected chi connectivity index (χ2v) is 4.20. The summed E-state index contributed by atoms with van der Waals surface area (Å²) in [5.74, 6) is 0.530. The molecule has 0 N–H and O–H groups in total. The lowest BCUT2D eigenvalue weighted by Crippen LogP contribution is -2.28. The number of carbonyl (C=O) groups excluding carboxylic acids is 1. The fourth-order valence-corrected chi connectivity index (χ4v) is 2.20. The number of hydrogen-bond acceptors (Lipinski definition) is 3. The van der Waals surface area contributed by atoms with Crippen molar-refractivity contribution in [2.45, 2.75) is 38.2 Å². The third kappa shape index (κ3) is 2.55. The Bertz CT molecular complexity index is 197. The molecule has 2 rings (SSSR count). The van der Waals surface area contributed by atoms with Crippen molar-refractivity contribution in [2.75, 3.05) is 19.8 Å². The summed E-state index contributed by atoms with van der Waals surface area (Å²) in [5, 5.41) is 0. The molecule has 0 aromatic rings. The summed E-state index contributed by atoms with van der Waals surface area (Å²) in [6, 6.07) is 0. The lowest BCUT2D eigenvalue weighted by molar-refractivity contribution is -0.130. The Hall–Kier alpha value is -0.410.